The molecule has 1 amide bonds. The Labute approximate surface area is 199 Å². The lowest BCUT2D eigenvalue weighted by atomic mass is 10.1. The first-order valence-electron chi connectivity index (χ1n) is 11.6. The number of carbonyl (C=O) groups is 1. The summed E-state index contributed by atoms with van der Waals surface area (Å²) in [7, 11) is 1.52. The molecule has 34 heavy (non-hydrogen) atoms. The molecule has 0 bridgehead atoms. The summed E-state index contributed by atoms with van der Waals surface area (Å²) in [5.41, 5.74) is 2.57. The van der Waals surface area contributed by atoms with Crippen LogP contribution in [0.3, 0.4) is 0 Å². The van der Waals surface area contributed by atoms with E-state index in [1.54, 1.807) is 6.20 Å². The molecule has 1 atom stereocenters. The highest BCUT2D eigenvalue weighted by Gasteiger charge is 2.31. The number of aromatic nitrogens is 2. The molecular formula is C26H31FN4O3. The zero-order valence-electron chi connectivity index (χ0n) is 19.9. The second-order valence-corrected chi connectivity index (χ2v) is 9.02. The van der Waals surface area contributed by atoms with Crippen LogP contribution in [0.1, 0.15) is 25.0 Å². The molecule has 4 rings (SSSR count). The number of fused-ring (bicyclic) bond motifs is 1. The molecule has 1 saturated heterocycles. The first-order valence-corrected chi connectivity index (χ1v) is 11.6. The van der Waals surface area contributed by atoms with E-state index in [4.69, 9.17) is 9.47 Å². The van der Waals surface area contributed by atoms with Crippen molar-refractivity contribution in [3.63, 3.8) is 0 Å². The summed E-state index contributed by atoms with van der Waals surface area (Å²) in [5, 5.41) is 1.05. The van der Waals surface area contributed by atoms with Crippen molar-refractivity contribution in [1.29, 1.82) is 0 Å². The van der Waals surface area contributed by atoms with Crippen LogP contribution in [0.25, 0.3) is 10.9 Å². The average Bonchev–Trinajstić information content (AvgIpc) is 2.83. The molecule has 1 aromatic carbocycles. The maximum Gasteiger partial charge on any atom is 0.253 e. The van der Waals surface area contributed by atoms with E-state index in [1.165, 1.54) is 13.2 Å². The van der Waals surface area contributed by atoms with Crippen molar-refractivity contribution in [2.24, 2.45) is 5.92 Å². The number of methoxy groups -OCH3 is 1. The summed E-state index contributed by atoms with van der Waals surface area (Å²) in [4.78, 5) is 26.1. The molecule has 7 nitrogen and oxygen atoms in total. The lowest BCUT2D eigenvalue weighted by molar-refractivity contribution is -0.151. The Kier molecular flexibility index (Phi) is 7.70. The highest BCUT2D eigenvalue weighted by atomic mass is 19.1. The average molecular weight is 467 g/mol. The summed E-state index contributed by atoms with van der Waals surface area (Å²) >= 11 is 0. The summed E-state index contributed by atoms with van der Waals surface area (Å²) in [6.45, 7) is 7.18. The van der Waals surface area contributed by atoms with Crippen LogP contribution in [-0.2, 0) is 22.6 Å². The Morgan fingerprint density at radius 2 is 2.09 bits per heavy atom. The number of hydrogen-bond donors (Lipinski definition) is 0. The SMILES string of the molecule is COc1ncc(F)cc1CN1CCO[C@@H](C(=O)N(Cc2cccc3cccnc23)CC(C)C)C1. The van der Waals surface area contributed by atoms with Crippen LogP contribution in [0.4, 0.5) is 4.39 Å². The zero-order chi connectivity index (χ0) is 24.1. The predicted octanol–water partition coefficient (Wildman–Crippen LogP) is 3.66. The van der Waals surface area contributed by atoms with E-state index >= 15 is 0 Å². The zero-order valence-corrected chi connectivity index (χ0v) is 19.9. The number of rotatable bonds is 8. The van der Waals surface area contributed by atoms with Gasteiger partial charge in [0.05, 0.1) is 25.4 Å². The van der Waals surface area contributed by atoms with Crippen LogP contribution in [0.5, 0.6) is 5.88 Å². The van der Waals surface area contributed by atoms with E-state index in [2.05, 4.69) is 28.7 Å². The van der Waals surface area contributed by atoms with Crippen molar-refractivity contribution in [2.75, 3.05) is 33.4 Å². The van der Waals surface area contributed by atoms with Crippen LogP contribution >= 0.6 is 0 Å². The molecule has 2 aromatic heterocycles. The van der Waals surface area contributed by atoms with Crippen LogP contribution in [0, 0.1) is 11.7 Å². The third kappa shape index (κ3) is 5.69. The van der Waals surface area contributed by atoms with E-state index < -0.39 is 11.9 Å². The van der Waals surface area contributed by atoms with Crippen LogP contribution in [0.15, 0.2) is 48.8 Å². The molecule has 0 spiro atoms. The fourth-order valence-electron chi connectivity index (χ4n) is 4.38. The second-order valence-electron chi connectivity index (χ2n) is 9.02. The van der Waals surface area contributed by atoms with Crippen molar-refractivity contribution in [1.82, 2.24) is 19.8 Å². The molecule has 1 aliphatic rings. The first-order chi connectivity index (χ1) is 16.4. The maximum absolute atomic E-state index is 13.8. The van der Waals surface area contributed by atoms with Gasteiger partial charge >= 0.3 is 0 Å². The Balaban J connectivity index is 1.50. The Hall–Kier alpha value is -3.10. The number of pyridine rings is 2. The van der Waals surface area contributed by atoms with Crippen LogP contribution in [0.2, 0.25) is 0 Å². The number of benzene rings is 1. The van der Waals surface area contributed by atoms with E-state index in [1.807, 2.05) is 35.2 Å². The van der Waals surface area contributed by atoms with Gasteiger partial charge in [-0.2, -0.15) is 0 Å². The van der Waals surface area contributed by atoms with Gasteiger partial charge in [0.25, 0.3) is 5.91 Å². The number of hydrogen-bond acceptors (Lipinski definition) is 6. The quantitative estimate of drug-likeness (QED) is 0.505. The van der Waals surface area contributed by atoms with Crippen molar-refractivity contribution in [3.8, 4) is 5.88 Å². The van der Waals surface area contributed by atoms with Gasteiger partial charge in [0, 0.05) is 49.9 Å². The summed E-state index contributed by atoms with van der Waals surface area (Å²) in [6, 6.07) is 11.4. The normalized spacial score (nSPS) is 16.7. The number of halogens is 1. The molecule has 1 aliphatic heterocycles. The third-order valence-electron chi connectivity index (χ3n) is 5.88. The van der Waals surface area contributed by atoms with E-state index in [0.717, 1.165) is 22.7 Å². The molecule has 0 aliphatic carbocycles. The molecule has 3 aromatic rings. The summed E-state index contributed by atoms with van der Waals surface area (Å²) in [6.07, 6.45) is 2.32. The van der Waals surface area contributed by atoms with Gasteiger partial charge in [0.15, 0.2) is 0 Å². The van der Waals surface area contributed by atoms with Gasteiger partial charge in [-0.05, 0) is 23.6 Å². The number of ether oxygens (including phenoxy) is 2. The van der Waals surface area contributed by atoms with Crippen molar-refractivity contribution < 1.29 is 18.7 Å². The number of carbonyl (C=O) groups excluding carboxylic acids is 1. The van der Waals surface area contributed by atoms with Crippen LogP contribution in [-0.4, -0.2) is 65.1 Å². The van der Waals surface area contributed by atoms with Gasteiger partial charge in [-0.3, -0.25) is 14.7 Å². The number of para-hydroxylation sites is 1. The highest BCUT2D eigenvalue weighted by Crippen LogP contribution is 2.22. The molecule has 0 N–H and O–H groups in total. The molecule has 180 valence electrons. The van der Waals surface area contributed by atoms with Gasteiger partial charge in [0.1, 0.15) is 11.9 Å². The maximum atomic E-state index is 13.8. The molecule has 3 heterocycles. The smallest absolute Gasteiger partial charge is 0.253 e. The number of morpholine rings is 1. The molecule has 0 unspecified atom stereocenters. The number of amides is 1. The van der Waals surface area contributed by atoms with Crippen molar-refractivity contribution in [3.05, 3.63) is 65.7 Å². The van der Waals surface area contributed by atoms with E-state index in [-0.39, 0.29) is 5.91 Å². The lowest BCUT2D eigenvalue weighted by Crippen LogP contribution is -2.51. The largest absolute Gasteiger partial charge is 0.481 e. The first kappa shape index (κ1) is 24.0. The topological polar surface area (TPSA) is 67.8 Å². The minimum atomic E-state index is -0.594. The minimum absolute atomic E-state index is 0.0457. The molecule has 8 heteroatoms. The van der Waals surface area contributed by atoms with E-state index in [0.29, 0.717) is 56.7 Å². The molecular weight excluding hydrogens is 435 g/mol. The second kappa shape index (κ2) is 10.9. The van der Waals surface area contributed by atoms with Gasteiger partial charge in [-0.25, -0.2) is 9.37 Å². The third-order valence-corrected chi connectivity index (χ3v) is 5.88. The van der Waals surface area contributed by atoms with Crippen molar-refractivity contribution >= 4 is 16.8 Å². The Morgan fingerprint density at radius 3 is 2.88 bits per heavy atom. The fraction of sp³-hybridized carbons (Fsp3) is 0.423. The minimum Gasteiger partial charge on any atom is -0.481 e. The fourth-order valence-corrected chi connectivity index (χ4v) is 4.38. The Bertz CT molecular complexity index is 1130. The summed E-state index contributed by atoms with van der Waals surface area (Å²) < 4.78 is 24.9. The van der Waals surface area contributed by atoms with Gasteiger partial charge < -0.3 is 14.4 Å². The van der Waals surface area contributed by atoms with Crippen molar-refractivity contribution in [2.45, 2.75) is 33.0 Å². The van der Waals surface area contributed by atoms with Gasteiger partial charge in [-0.1, -0.05) is 38.1 Å². The van der Waals surface area contributed by atoms with Gasteiger partial charge in [-0.15, -0.1) is 0 Å². The molecule has 0 saturated carbocycles. The van der Waals surface area contributed by atoms with E-state index in [9.17, 15) is 9.18 Å². The van der Waals surface area contributed by atoms with Crippen LogP contribution < -0.4 is 4.74 Å². The molecule has 1 fully saturated rings. The number of nitrogens with zero attached hydrogens (tertiary/aromatic N) is 4. The summed E-state index contributed by atoms with van der Waals surface area (Å²) in [5.74, 6) is 0.231. The monoisotopic (exact) mass is 466 g/mol. The highest BCUT2D eigenvalue weighted by molar-refractivity contribution is 5.84. The standard InChI is InChI=1S/C26H31FN4O3/c1-18(2)14-31(16-20-7-4-6-19-8-5-9-28-24(19)20)26(32)23-17-30(10-11-34-23)15-21-12-22(27)13-29-25(21)33-3/h4-9,12-13,18,23H,10-11,14-17H2,1-3H3/t23-/m1/s1. The Morgan fingerprint density at radius 1 is 1.26 bits per heavy atom. The predicted molar refractivity (Wildman–Crippen MR) is 128 cm³/mol. The molecule has 0 radical (unpaired) electrons. The lowest BCUT2D eigenvalue weighted by Gasteiger charge is -2.35. The van der Waals surface area contributed by atoms with Gasteiger partial charge in [0.2, 0.25) is 5.88 Å².